The van der Waals surface area contributed by atoms with Gasteiger partial charge in [-0.15, -0.1) is 0 Å². The quantitative estimate of drug-likeness (QED) is 0.0195. The number of allylic oxidation sites excluding steroid dienone is 9. The smallest absolute Gasteiger partial charge is 0.305 e. The zero-order chi connectivity index (χ0) is 58.0. The lowest BCUT2D eigenvalue weighted by molar-refractivity contribution is -0.302. The Bertz CT molecular complexity index is 1510. The van der Waals surface area contributed by atoms with Gasteiger partial charge in [0, 0.05) is 12.8 Å². The van der Waals surface area contributed by atoms with Crippen LogP contribution in [0.25, 0.3) is 0 Å². The average molecular weight is 1130 g/mol. The van der Waals surface area contributed by atoms with E-state index in [1.54, 1.807) is 6.08 Å². The number of rotatable bonds is 58. The third-order valence-corrected chi connectivity index (χ3v) is 15.6. The molecule has 0 saturated carbocycles. The van der Waals surface area contributed by atoms with Gasteiger partial charge >= 0.3 is 5.97 Å². The second-order valence-corrected chi connectivity index (χ2v) is 23.2. The van der Waals surface area contributed by atoms with Gasteiger partial charge in [-0.25, -0.2) is 0 Å². The van der Waals surface area contributed by atoms with Crippen LogP contribution in [0.4, 0.5) is 0 Å². The maximum atomic E-state index is 13.1. The average Bonchev–Trinajstić information content (AvgIpc) is 3.47. The lowest BCUT2D eigenvalue weighted by Gasteiger charge is -2.40. The number of hydrogen-bond donors (Lipinski definition) is 6. The molecule has 0 bridgehead atoms. The summed E-state index contributed by atoms with van der Waals surface area (Å²) in [7, 11) is 0. The molecule has 1 aliphatic rings. The number of aliphatic hydroxyl groups excluding tert-OH is 5. The lowest BCUT2D eigenvalue weighted by atomic mass is 9.99. The third kappa shape index (κ3) is 46.8. The lowest BCUT2D eigenvalue weighted by Crippen LogP contribution is -2.60. The zero-order valence-corrected chi connectivity index (χ0v) is 51.5. The summed E-state index contributed by atoms with van der Waals surface area (Å²) in [6.45, 7) is 4.31. The summed E-state index contributed by atoms with van der Waals surface area (Å²) in [5.74, 6) is -0.200. The number of ether oxygens (including phenoxy) is 3. The number of esters is 1. The molecule has 1 heterocycles. The number of aliphatic hydroxyl groups is 5. The maximum Gasteiger partial charge on any atom is 0.305 e. The molecule has 0 radical (unpaired) electrons. The number of carbonyl (C=O) groups excluding carboxylic acids is 2. The SMILES string of the molecule is CCCCCC/C=C/CC/C=C/CC/C=C/C(O)C(COC1OC(CO)C(O)C(O)C1O)NC(=O)CCCCCCCCCCCCC/C=C\C/C=C\CCCCCCCCCCCOC(=O)CCCCCCCCCCCCC. The first-order valence-electron chi connectivity index (χ1n) is 33.6. The van der Waals surface area contributed by atoms with Crippen molar-refractivity contribution in [1.82, 2.24) is 5.32 Å². The van der Waals surface area contributed by atoms with Gasteiger partial charge in [-0.05, 0) is 89.9 Å². The van der Waals surface area contributed by atoms with Gasteiger partial charge in [0.05, 0.1) is 32.0 Å². The first-order valence-corrected chi connectivity index (χ1v) is 33.6. The Hall–Kier alpha value is -2.64. The topological polar surface area (TPSA) is 175 Å². The molecule has 1 amide bonds. The van der Waals surface area contributed by atoms with Crippen molar-refractivity contribution >= 4 is 11.9 Å². The standard InChI is InChI=1S/C69H125NO10/c1-3-5-7-9-11-13-15-16-32-36-39-43-47-51-55-62(72)61(60-79-69-68(77)67(76)66(75)63(59-71)80-69)70-64(73)56-52-48-44-40-37-33-30-28-26-24-22-20-18-17-19-21-23-25-27-29-31-34-38-42-46-50-54-58-78-65(74)57-53-49-45-41-35-14-12-10-8-6-4-2/h13,15,17-18,21,23,36,39,51,55,61-63,66-69,71-72,75-77H,3-12,14,16,19-20,22,24-35,37-38,40-50,52-54,56-60H2,1-2H3,(H,70,73)/b15-13+,18-17-,23-21-,39-36+,55-51+. The van der Waals surface area contributed by atoms with Crippen molar-refractivity contribution in [3.05, 3.63) is 60.8 Å². The van der Waals surface area contributed by atoms with Crippen LogP contribution < -0.4 is 5.32 Å². The van der Waals surface area contributed by atoms with Crippen molar-refractivity contribution in [1.29, 1.82) is 0 Å². The Morgan fingerprint density at radius 3 is 1.32 bits per heavy atom. The highest BCUT2D eigenvalue weighted by atomic mass is 16.7. The molecule has 0 aromatic heterocycles. The minimum Gasteiger partial charge on any atom is -0.466 e. The highest BCUT2D eigenvalue weighted by molar-refractivity contribution is 5.76. The van der Waals surface area contributed by atoms with Crippen LogP contribution in [0, 0.1) is 0 Å². The minimum atomic E-state index is -1.58. The summed E-state index contributed by atoms with van der Waals surface area (Å²) >= 11 is 0. The summed E-state index contributed by atoms with van der Waals surface area (Å²) in [5, 5.41) is 54.4. The largest absolute Gasteiger partial charge is 0.466 e. The van der Waals surface area contributed by atoms with Gasteiger partial charge in [0.15, 0.2) is 6.29 Å². The second kappa shape index (κ2) is 58.1. The van der Waals surface area contributed by atoms with E-state index in [0.717, 1.165) is 83.5 Å². The Labute approximate surface area is 490 Å². The molecule has 1 fully saturated rings. The van der Waals surface area contributed by atoms with Gasteiger partial charge in [-0.1, -0.05) is 261 Å². The summed E-state index contributed by atoms with van der Waals surface area (Å²) in [5.41, 5.74) is 0. The van der Waals surface area contributed by atoms with Crippen molar-refractivity contribution in [2.75, 3.05) is 19.8 Å². The molecule has 1 saturated heterocycles. The number of amides is 1. The molecule has 80 heavy (non-hydrogen) atoms. The molecular formula is C69H125NO10. The molecule has 11 nitrogen and oxygen atoms in total. The van der Waals surface area contributed by atoms with Crippen LogP contribution >= 0.6 is 0 Å². The Kier molecular flexibility index (Phi) is 54.8. The summed E-state index contributed by atoms with van der Waals surface area (Å²) in [6, 6.07) is -0.838. The number of unbranched alkanes of at least 4 members (excludes halogenated alkanes) is 36. The Balaban J connectivity index is 2.05. The first kappa shape index (κ1) is 75.4. The van der Waals surface area contributed by atoms with E-state index in [2.05, 4.69) is 67.8 Å². The molecular weight excluding hydrogens is 1000 g/mol. The van der Waals surface area contributed by atoms with Gasteiger partial charge in [-0.3, -0.25) is 9.59 Å². The van der Waals surface area contributed by atoms with Crippen LogP contribution in [0.5, 0.6) is 0 Å². The fourth-order valence-electron chi connectivity index (χ4n) is 10.3. The van der Waals surface area contributed by atoms with Gasteiger partial charge in [-0.2, -0.15) is 0 Å². The molecule has 6 N–H and O–H groups in total. The first-order chi connectivity index (χ1) is 39.2. The summed E-state index contributed by atoms with van der Waals surface area (Å²) in [6.07, 6.45) is 66.2. The normalized spacial score (nSPS) is 18.7. The molecule has 0 aromatic rings. The molecule has 0 aliphatic carbocycles. The van der Waals surface area contributed by atoms with Crippen molar-refractivity contribution in [3.63, 3.8) is 0 Å². The van der Waals surface area contributed by atoms with Crippen molar-refractivity contribution in [3.8, 4) is 0 Å². The molecule has 0 aromatic carbocycles. The van der Waals surface area contributed by atoms with E-state index >= 15 is 0 Å². The molecule has 7 unspecified atom stereocenters. The maximum absolute atomic E-state index is 13.1. The van der Waals surface area contributed by atoms with Gasteiger partial charge in [0.1, 0.15) is 24.4 Å². The minimum absolute atomic E-state index is 0.000148. The number of nitrogens with one attached hydrogen (secondary N) is 1. The number of carbonyl (C=O) groups is 2. The van der Waals surface area contributed by atoms with E-state index in [4.69, 9.17) is 14.2 Å². The summed E-state index contributed by atoms with van der Waals surface area (Å²) in [4.78, 5) is 25.1. The van der Waals surface area contributed by atoms with Crippen molar-refractivity contribution in [2.24, 2.45) is 0 Å². The number of hydrogen-bond acceptors (Lipinski definition) is 10. The van der Waals surface area contributed by atoms with Crippen molar-refractivity contribution in [2.45, 2.75) is 346 Å². The van der Waals surface area contributed by atoms with E-state index in [-0.39, 0.29) is 18.5 Å². The fourth-order valence-corrected chi connectivity index (χ4v) is 10.3. The van der Waals surface area contributed by atoms with Crippen LogP contribution in [0.15, 0.2) is 60.8 Å². The van der Waals surface area contributed by atoms with E-state index in [9.17, 15) is 35.1 Å². The van der Waals surface area contributed by atoms with E-state index in [1.165, 1.54) is 193 Å². The molecule has 0 spiro atoms. The summed E-state index contributed by atoms with van der Waals surface area (Å²) < 4.78 is 16.7. The van der Waals surface area contributed by atoms with Gasteiger partial charge in [0.2, 0.25) is 5.91 Å². The molecule has 1 rings (SSSR count). The van der Waals surface area contributed by atoms with Crippen molar-refractivity contribution < 1.29 is 49.3 Å². The Morgan fingerprint density at radius 2 is 0.850 bits per heavy atom. The molecule has 7 atom stereocenters. The molecule has 11 heteroatoms. The van der Waals surface area contributed by atoms with Crippen LogP contribution in [0.2, 0.25) is 0 Å². The monoisotopic (exact) mass is 1130 g/mol. The second-order valence-electron chi connectivity index (χ2n) is 23.2. The highest BCUT2D eigenvalue weighted by Crippen LogP contribution is 2.23. The van der Waals surface area contributed by atoms with E-state index < -0.39 is 49.5 Å². The fraction of sp³-hybridized carbons (Fsp3) is 0.826. The predicted octanol–water partition coefficient (Wildman–Crippen LogP) is 16.6. The van der Waals surface area contributed by atoms with E-state index in [0.29, 0.717) is 19.4 Å². The molecule has 1 aliphatic heterocycles. The van der Waals surface area contributed by atoms with Crippen LogP contribution in [-0.2, 0) is 23.8 Å². The highest BCUT2D eigenvalue weighted by Gasteiger charge is 2.44. The van der Waals surface area contributed by atoms with Gasteiger partial charge < -0.3 is 45.1 Å². The van der Waals surface area contributed by atoms with Crippen LogP contribution in [0.1, 0.15) is 303 Å². The Morgan fingerprint density at radius 1 is 0.463 bits per heavy atom. The predicted molar refractivity (Wildman–Crippen MR) is 333 cm³/mol. The van der Waals surface area contributed by atoms with Crippen LogP contribution in [-0.4, -0.2) is 100 Å². The van der Waals surface area contributed by atoms with Crippen LogP contribution in [0.3, 0.4) is 0 Å². The molecule has 466 valence electrons. The zero-order valence-electron chi connectivity index (χ0n) is 51.5. The van der Waals surface area contributed by atoms with E-state index in [1.807, 2.05) is 6.08 Å². The van der Waals surface area contributed by atoms with Gasteiger partial charge in [0.25, 0.3) is 0 Å². The third-order valence-electron chi connectivity index (χ3n) is 15.6.